The van der Waals surface area contributed by atoms with Crippen LogP contribution in [0.2, 0.25) is 0 Å². The average molecular weight is 473 g/mol. The van der Waals surface area contributed by atoms with Crippen molar-refractivity contribution in [2.24, 2.45) is 0 Å². The highest BCUT2D eigenvalue weighted by molar-refractivity contribution is 5.95. The molecule has 8 heteroatoms. The second-order valence-corrected chi connectivity index (χ2v) is 8.85. The number of rotatable bonds is 3. The maximum absolute atomic E-state index is 13.6. The van der Waals surface area contributed by atoms with Crippen LogP contribution in [-0.2, 0) is 17.9 Å². The number of nitrogens with zero attached hydrogens (tertiary/aromatic N) is 6. The summed E-state index contributed by atoms with van der Waals surface area (Å²) in [6.45, 7) is 7.43. The molecule has 8 nitrogen and oxygen atoms in total. The molecule has 2 amide bonds. The molecule has 35 heavy (non-hydrogen) atoms. The summed E-state index contributed by atoms with van der Waals surface area (Å²) in [4.78, 5) is 45.0. The van der Waals surface area contributed by atoms with Crippen molar-refractivity contribution in [3.05, 3.63) is 83.7 Å². The topological polar surface area (TPSA) is 82.5 Å². The quantitative estimate of drug-likeness (QED) is 0.581. The van der Waals surface area contributed by atoms with E-state index in [4.69, 9.17) is 0 Å². The van der Waals surface area contributed by atoms with E-state index in [0.29, 0.717) is 30.9 Å². The van der Waals surface area contributed by atoms with Crippen molar-refractivity contribution in [2.45, 2.75) is 39.8 Å². The van der Waals surface area contributed by atoms with Gasteiger partial charge in [-0.15, -0.1) is 0 Å². The Labute approximate surface area is 206 Å². The van der Waals surface area contributed by atoms with E-state index in [-0.39, 0.29) is 11.8 Å². The van der Waals surface area contributed by atoms with Crippen LogP contribution in [0.15, 0.2) is 61.2 Å². The van der Waals surface area contributed by atoms with E-state index in [0.717, 1.165) is 49.4 Å². The molecule has 3 aromatic rings. The van der Waals surface area contributed by atoms with Gasteiger partial charge in [-0.05, 0) is 43.5 Å². The van der Waals surface area contributed by atoms with Gasteiger partial charge in [0.05, 0.1) is 17.0 Å². The zero-order valence-electron chi connectivity index (χ0n) is 20.4. The molecule has 1 aliphatic rings. The smallest absolute Gasteiger partial charge is 0.257 e. The summed E-state index contributed by atoms with van der Waals surface area (Å²) in [5.74, 6) is -0.100. The predicted octanol–water partition coefficient (Wildman–Crippen LogP) is 3.47. The number of carbonyl (C=O) groups is 2. The minimum absolute atomic E-state index is 0.00374. The third-order valence-corrected chi connectivity index (χ3v) is 6.32. The maximum atomic E-state index is 13.6. The highest BCUT2D eigenvalue weighted by Crippen LogP contribution is 2.24. The second-order valence-electron chi connectivity index (χ2n) is 8.85. The van der Waals surface area contributed by atoms with E-state index in [1.165, 1.54) is 6.33 Å². The molecular weight excluding hydrogens is 440 g/mol. The van der Waals surface area contributed by atoms with Crippen LogP contribution in [0.3, 0.4) is 0 Å². The standard InChI is InChI=1S/C27H32N6O2/c1-21-25(17-28-20-30-21)27(35)32-15-7-13-31(19-24-10-5-6-12-29-24)14-8-16-33(22(2)34)26-11-4-3-9-23(26)18-32/h3-6,9-12,17,20H,7-8,13-16,18-19H2,1-2H3. The van der Waals surface area contributed by atoms with Gasteiger partial charge in [-0.25, -0.2) is 9.97 Å². The van der Waals surface area contributed by atoms with Crippen molar-refractivity contribution in [3.63, 3.8) is 0 Å². The van der Waals surface area contributed by atoms with Gasteiger partial charge in [0.25, 0.3) is 5.91 Å². The summed E-state index contributed by atoms with van der Waals surface area (Å²) >= 11 is 0. The van der Waals surface area contributed by atoms with Crippen LogP contribution in [0, 0.1) is 6.92 Å². The first kappa shape index (κ1) is 24.5. The van der Waals surface area contributed by atoms with Crippen LogP contribution in [0.25, 0.3) is 0 Å². The number of hydrogen-bond acceptors (Lipinski definition) is 6. The molecule has 0 saturated carbocycles. The number of pyridine rings is 1. The fourth-order valence-corrected chi connectivity index (χ4v) is 4.51. The molecule has 4 rings (SSSR count). The Balaban J connectivity index is 1.64. The molecule has 0 N–H and O–H groups in total. The van der Waals surface area contributed by atoms with Crippen molar-refractivity contribution in [1.82, 2.24) is 24.8 Å². The first-order valence-electron chi connectivity index (χ1n) is 12.1. The van der Waals surface area contributed by atoms with Crippen LogP contribution in [0.1, 0.15) is 47.1 Å². The van der Waals surface area contributed by atoms with E-state index >= 15 is 0 Å². The summed E-state index contributed by atoms with van der Waals surface area (Å²) in [7, 11) is 0. The first-order chi connectivity index (χ1) is 17.0. The molecule has 3 heterocycles. The molecule has 0 aliphatic carbocycles. The monoisotopic (exact) mass is 472 g/mol. The zero-order valence-corrected chi connectivity index (χ0v) is 20.4. The summed E-state index contributed by atoms with van der Waals surface area (Å²) < 4.78 is 0. The van der Waals surface area contributed by atoms with Crippen LogP contribution >= 0.6 is 0 Å². The minimum atomic E-state index is -0.0967. The molecule has 1 aromatic carbocycles. The molecule has 0 radical (unpaired) electrons. The van der Waals surface area contributed by atoms with Gasteiger partial charge in [0.2, 0.25) is 5.91 Å². The Morgan fingerprint density at radius 3 is 2.46 bits per heavy atom. The van der Waals surface area contributed by atoms with Gasteiger partial charge in [0, 0.05) is 64.3 Å². The fourth-order valence-electron chi connectivity index (χ4n) is 4.51. The third kappa shape index (κ3) is 6.27. The van der Waals surface area contributed by atoms with Crippen molar-refractivity contribution < 1.29 is 9.59 Å². The third-order valence-electron chi connectivity index (χ3n) is 6.32. The number of para-hydroxylation sites is 1. The normalized spacial score (nSPS) is 15.6. The summed E-state index contributed by atoms with van der Waals surface area (Å²) in [6, 6.07) is 13.8. The van der Waals surface area contributed by atoms with Gasteiger partial charge in [0.15, 0.2) is 0 Å². The molecule has 0 bridgehead atoms. The lowest BCUT2D eigenvalue weighted by atomic mass is 10.1. The minimum Gasteiger partial charge on any atom is -0.334 e. The highest BCUT2D eigenvalue weighted by atomic mass is 16.2. The predicted molar refractivity (Wildman–Crippen MR) is 135 cm³/mol. The van der Waals surface area contributed by atoms with Crippen molar-refractivity contribution in [2.75, 3.05) is 31.1 Å². The van der Waals surface area contributed by atoms with Crippen LogP contribution < -0.4 is 4.90 Å². The lowest BCUT2D eigenvalue weighted by Crippen LogP contribution is -2.38. The van der Waals surface area contributed by atoms with Gasteiger partial charge in [-0.2, -0.15) is 0 Å². The number of anilines is 1. The molecule has 0 unspecified atom stereocenters. The molecule has 182 valence electrons. The molecule has 0 spiro atoms. The summed E-state index contributed by atoms with van der Waals surface area (Å²) in [5, 5.41) is 0. The van der Waals surface area contributed by atoms with E-state index < -0.39 is 0 Å². The Morgan fingerprint density at radius 1 is 0.943 bits per heavy atom. The van der Waals surface area contributed by atoms with E-state index in [1.54, 1.807) is 13.1 Å². The van der Waals surface area contributed by atoms with E-state index in [2.05, 4.69) is 19.9 Å². The number of fused-ring (bicyclic) bond motifs is 1. The largest absolute Gasteiger partial charge is 0.334 e. The maximum Gasteiger partial charge on any atom is 0.257 e. The summed E-state index contributed by atoms with van der Waals surface area (Å²) in [6.07, 6.45) is 6.53. The van der Waals surface area contributed by atoms with Crippen LogP contribution in [0.5, 0.6) is 0 Å². The van der Waals surface area contributed by atoms with Crippen LogP contribution in [-0.4, -0.2) is 62.7 Å². The van der Waals surface area contributed by atoms with Gasteiger partial charge < -0.3 is 9.80 Å². The molecular formula is C27H32N6O2. The Kier molecular flexibility index (Phi) is 8.15. The SMILES string of the molecule is CC(=O)N1CCCN(Cc2ccccn2)CCCN(C(=O)c2cncnc2C)Cc2ccccc21. The number of aromatic nitrogens is 3. The molecule has 0 saturated heterocycles. The number of amides is 2. The van der Waals surface area contributed by atoms with Gasteiger partial charge in [-0.1, -0.05) is 24.3 Å². The molecule has 1 aliphatic heterocycles. The van der Waals surface area contributed by atoms with Crippen LogP contribution in [0.4, 0.5) is 5.69 Å². The van der Waals surface area contributed by atoms with Crippen molar-refractivity contribution in [1.29, 1.82) is 0 Å². The lowest BCUT2D eigenvalue weighted by molar-refractivity contribution is -0.116. The van der Waals surface area contributed by atoms with Gasteiger partial charge in [0.1, 0.15) is 6.33 Å². The average Bonchev–Trinajstić information content (AvgIpc) is 2.86. The van der Waals surface area contributed by atoms with Gasteiger partial charge >= 0.3 is 0 Å². The summed E-state index contributed by atoms with van der Waals surface area (Å²) in [5.41, 5.74) is 3.99. The molecule has 2 aromatic heterocycles. The molecule has 0 fully saturated rings. The Hall–Kier alpha value is -3.65. The van der Waals surface area contributed by atoms with Gasteiger partial charge in [-0.3, -0.25) is 19.5 Å². The fraction of sp³-hybridized carbons (Fsp3) is 0.370. The zero-order chi connectivity index (χ0) is 24.6. The van der Waals surface area contributed by atoms with E-state index in [1.807, 2.05) is 65.4 Å². The number of carbonyl (C=O) groups excluding carboxylic acids is 2. The Bertz CT molecular complexity index is 1150. The number of benzene rings is 1. The lowest BCUT2D eigenvalue weighted by Gasteiger charge is -2.31. The molecule has 0 atom stereocenters. The highest BCUT2D eigenvalue weighted by Gasteiger charge is 2.23. The first-order valence-corrected chi connectivity index (χ1v) is 12.1. The second kappa shape index (κ2) is 11.7. The Morgan fingerprint density at radius 2 is 1.71 bits per heavy atom. The van der Waals surface area contributed by atoms with Crippen molar-refractivity contribution >= 4 is 17.5 Å². The number of aryl methyl sites for hydroxylation is 1. The number of hydrogen-bond donors (Lipinski definition) is 0. The van der Waals surface area contributed by atoms with E-state index in [9.17, 15) is 9.59 Å². The van der Waals surface area contributed by atoms with Crippen molar-refractivity contribution in [3.8, 4) is 0 Å².